The third-order valence-electron chi connectivity index (χ3n) is 5.31. The molecule has 0 atom stereocenters. The van der Waals surface area contributed by atoms with Crippen LogP contribution in [0.15, 0.2) is 73.8 Å². The van der Waals surface area contributed by atoms with Crippen molar-refractivity contribution in [3.63, 3.8) is 0 Å². The van der Waals surface area contributed by atoms with Crippen molar-refractivity contribution in [1.29, 1.82) is 0 Å². The monoisotopic (exact) mass is 638 g/mol. The van der Waals surface area contributed by atoms with Crippen molar-refractivity contribution in [2.24, 2.45) is 0 Å². The quantitative estimate of drug-likeness (QED) is 0.117. The first-order valence-corrected chi connectivity index (χ1v) is 20.3. The number of esters is 2. The summed E-state index contributed by atoms with van der Waals surface area (Å²) >= 11 is 0. The van der Waals surface area contributed by atoms with Gasteiger partial charge in [-0.05, 0) is 67.1 Å². The Balaban J connectivity index is -0.000000761. The Kier molecular flexibility index (Phi) is 26.8. The van der Waals surface area contributed by atoms with Crippen molar-refractivity contribution in [2.75, 3.05) is 0 Å². The highest BCUT2D eigenvalue weighted by molar-refractivity contribution is 6.81. The average Bonchev–Trinajstić information content (AvgIpc) is 2.79. The molecule has 0 N–H and O–H groups in total. The lowest BCUT2D eigenvalue weighted by Gasteiger charge is -2.32. The lowest BCUT2D eigenvalue weighted by molar-refractivity contribution is -0.139. The van der Waals surface area contributed by atoms with Crippen LogP contribution < -0.4 is 0 Å². The predicted molar refractivity (Wildman–Crippen MR) is 191 cm³/mol. The summed E-state index contributed by atoms with van der Waals surface area (Å²) in [5.74, 6) is -0.852. The molecule has 2 rings (SSSR count). The minimum absolute atomic E-state index is 0. The van der Waals surface area contributed by atoms with E-state index >= 15 is 0 Å². The van der Waals surface area contributed by atoms with Crippen molar-refractivity contribution < 1.29 is 27.3 Å². The number of carbonyl (C=O) groups excluding carboxylic acids is 2. The fraction of sp³-hybridized carbons (Fsp3) is 0.455. The van der Waals surface area contributed by atoms with Gasteiger partial charge >= 0.3 is 11.9 Å². The molecule has 2 aromatic carbocycles. The Morgan fingerprint density at radius 2 is 0.976 bits per heavy atom. The molecule has 242 valence electrons. The van der Waals surface area contributed by atoms with E-state index in [1.807, 2.05) is 24.3 Å². The third-order valence-corrected chi connectivity index (χ3v) is 15.6. The molecule has 0 aliphatic heterocycles. The number of carbonyl (C=O) groups is 2. The van der Waals surface area contributed by atoms with Crippen molar-refractivity contribution in [1.82, 2.24) is 0 Å². The first-order valence-electron chi connectivity index (χ1n) is 12.0. The molecule has 0 radical (unpaired) electrons. The van der Waals surface area contributed by atoms with E-state index in [1.54, 1.807) is 0 Å². The van der Waals surface area contributed by atoms with Crippen LogP contribution in [0, 0.1) is 0 Å². The van der Waals surface area contributed by atoms with Gasteiger partial charge in [-0.15, -0.1) is 0 Å². The smallest absolute Gasteiger partial charge is 0.330 e. The zero-order valence-corrected chi connectivity index (χ0v) is 25.2. The van der Waals surface area contributed by atoms with Crippen molar-refractivity contribution in [3.05, 3.63) is 96.1 Å². The second-order valence-electron chi connectivity index (χ2n) is 9.94. The van der Waals surface area contributed by atoms with Gasteiger partial charge in [0, 0.05) is 12.2 Å². The first-order chi connectivity index (χ1) is 16.9. The topological polar surface area (TPSA) is 71.1 Å². The van der Waals surface area contributed by atoms with Crippen molar-refractivity contribution >= 4 is 37.9 Å². The van der Waals surface area contributed by atoms with Gasteiger partial charge < -0.3 is 17.7 Å². The Labute approximate surface area is 263 Å². The number of ether oxygens (including phenoxy) is 2. The van der Waals surface area contributed by atoms with Crippen LogP contribution in [0.2, 0.25) is 32.7 Å². The fourth-order valence-electron chi connectivity index (χ4n) is 4.07. The zero-order valence-electron chi connectivity index (χ0n) is 22.0. The fourth-order valence-corrected chi connectivity index (χ4v) is 15.0. The summed E-state index contributed by atoms with van der Waals surface area (Å²) in [5.41, 5.74) is 4.24. The zero-order chi connectivity index (χ0) is 26.8. The molecule has 0 spiro atoms. The maximum Gasteiger partial charge on any atom is 0.330 e. The van der Waals surface area contributed by atoms with E-state index in [0.29, 0.717) is 0 Å². The largest absolute Gasteiger partial charge is 0.458 e. The SMILES string of the molecule is C.C.C.C.C.C.C=CC(=O)OCc1cccc(C[Si](C)(C)O[SiH](C)O[Si](C)(C)Cc2cccc(COC(=O)C=C)c2)c1. The number of hydrogen-bond acceptors (Lipinski definition) is 6. The van der Waals surface area contributed by atoms with Crippen LogP contribution in [0.25, 0.3) is 0 Å². The Hall–Kier alpha value is -2.57. The van der Waals surface area contributed by atoms with E-state index in [9.17, 15) is 9.59 Å². The minimum atomic E-state index is -2.03. The van der Waals surface area contributed by atoms with Gasteiger partial charge in [-0.2, -0.15) is 0 Å². The summed E-state index contributed by atoms with van der Waals surface area (Å²) in [6.07, 6.45) is 2.34. The lowest BCUT2D eigenvalue weighted by atomic mass is 10.1. The first kappa shape index (κ1) is 49.1. The normalized spacial score (nSPS) is 10.0. The van der Waals surface area contributed by atoms with E-state index < -0.39 is 37.9 Å². The third kappa shape index (κ3) is 18.8. The molecular weight excluding hydrogens is 577 g/mol. The van der Waals surface area contributed by atoms with E-state index in [-0.39, 0.29) is 57.8 Å². The molecule has 2 aromatic rings. The molecule has 0 unspecified atom stereocenters. The van der Waals surface area contributed by atoms with Gasteiger partial charge in [0.25, 0.3) is 9.28 Å². The number of hydrogen-bond donors (Lipinski definition) is 0. The van der Waals surface area contributed by atoms with Crippen LogP contribution in [-0.4, -0.2) is 37.9 Å². The van der Waals surface area contributed by atoms with Gasteiger partial charge in [0.15, 0.2) is 16.6 Å². The maximum atomic E-state index is 11.4. The van der Waals surface area contributed by atoms with E-state index in [1.165, 1.54) is 23.3 Å². The van der Waals surface area contributed by atoms with Crippen LogP contribution >= 0.6 is 0 Å². The summed E-state index contributed by atoms with van der Waals surface area (Å²) in [6.45, 7) is 18.3. The molecular formula is C33H62O6Si3. The molecule has 0 fully saturated rings. The van der Waals surface area contributed by atoms with Crippen LogP contribution in [0.5, 0.6) is 0 Å². The maximum absolute atomic E-state index is 11.4. The lowest BCUT2D eigenvalue weighted by Crippen LogP contribution is -2.46. The van der Waals surface area contributed by atoms with E-state index in [0.717, 1.165) is 23.2 Å². The molecule has 0 amide bonds. The highest BCUT2D eigenvalue weighted by Crippen LogP contribution is 2.21. The van der Waals surface area contributed by atoms with Crippen LogP contribution in [0.4, 0.5) is 0 Å². The average molecular weight is 639 g/mol. The molecule has 0 aliphatic carbocycles. The Morgan fingerprint density at radius 1 is 0.667 bits per heavy atom. The highest BCUT2D eigenvalue weighted by atomic mass is 28.4. The van der Waals surface area contributed by atoms with Crippen LogP contribution in [-0.2, 0) is 52.6 Å². The van der Waals surface area contributed by atoms with Crippen LogP contribution in [0.3, 0.4) is 0 Å². The molecule has 9 heteroatoms. The standard InChI is InChI=1S/C27H38O6Si3.6CH4/c1-8-26(28)30-18-22-12-10-14-24(16-22)20-35(4,5)32-34(3)33-36(6,7)21-25-15-11-13-23(17-25)19-31-27(29)9-2;;;;;;/h8-17,34H,1-2,18-21H2,3-7H3;6*1H4. The number of rotatable bonds is 14. The molecule has 0 saturated heterocycles. The van der Waals surface area contributed by atoms with Gasteiger partial charge in [0.1, 0.15) is 13.2 Å². The summed E-state index contributed by atoms with van der Waals surface area (Å²) in [5, 5.41) is 0. The Morgan fingerprint density at radius 3 is 1.29 bits per heavy atom. The molecule has 0 aromatic heterocycles. The summed E-state index contributed by atoms with van der Waals surface area (Å²) < 4.78 is 23.5. The second-order valence-corrected chi connectivity index (χ2v) is 20.7. The van der Waals surface area contributed by atoms with E-state index in [2.05, 4.69) is 70.2 Å². The molecule has 0 bridgehead atoms. The van der Waals surface area contributed by atoms with E-state index in [4.69, 9.17) is 17.7 Å². The second kappa shape index (κ2) is 23.0. The van der Waals surface area contributed by atoms with Gasteiger partial charge in [0.2, 0.25) is 0 Å². The van der Waals surface area contributed by atoms with Gasteiger partial charge in [-0.1, -0.05) is 106 Å². The summed E-state index contributed by atoms with van der Waals surface area (Å²) in [7, 11) is -5.92. The molecule has 0 aliphatic rings. The van der Waals surface area contributed by atoms with Gasteiger partial charge in [0.05, 0.1) is 0 Å². The predicted octanol–water partition coefficient (Wildman–Crippen LogP) is 9.12. The van der Waals surface area contributed by atoms with Gasteiger partial charge in [-0.3, -0.25) is 0 Å². The molecule has 0 saturated carbocycles. The molecule has 42 heavy (non-hydrogen) atoms. The molecule has 6 nitrogen and oxygen atoms in total. The summed E-state index contributed by atoms with van der Waals surface area (Å²) in [6, 6.07) is 17.9. The highest BCUT2D eigenvalue weighted by Gasteiger charge is 2.31. The Bertz CT molecular complexity index is 986. The summed E-state index contributed by atoms with van der Waals surface area (Å²) in [4.78, 5) is 22.7. The minimum Gasteiger partial charge on any atom is -0.458 e. The van der Waals surface area contributed by atoms with Crippen molar-refractivity contribution in [2.45, 2.75) is 103 Å². The van der Waals surface area contributed by atoms with Crippen LogP contribution in [0.1, 0.15) is 66.8 Å². The molecule has 0 heterocycles. The number of benzene rings is 2. The van der Waals surface area contributed by atoms with Gasteiger partial charge in [-0.25, -0.2) is 9.59 Å². The van der Waals surface area contributed by atoms with Crippen molar-refractivity contribution in [3.8, 4) is 0 Å².